The molecule has 6 heteroatoms. The molecule has 0 fully saturated rings. The molecule has 1 aliphatic carbocycles. The van der Waals surface area contributed by atoms with Gasteiger partial charge in [0.05, 0.1) is 16.7 Å². The predicted octanol–water partition coefficient (Wildman–Crippen LogP) is 2.25. The molecule has 1 N–H and O–H groups in total. The molecular formula is C16H10BrNO4. The molecule has 1 aliphatic heterocycles. The third kappa shape index (κ3) is 2.22. The van der Waals surface area contributed by atoms with E-state index in [0.29, 0.717) is 16.6 Å². The Kier molecular flexibility index (Phi) is 3.56. The van der Waals surface area contributed by atoms with Crippen molar-refractivity contribution in [3.8, 4) is 0 Å². The Balaban J connectivity index is 2.21. The molecule has 0 unspecified atom stereocenters. The molecule has 3 rings (SSSR count). The first-order valence-corrected chi connectivity index (χ1v) is 7.59. The molecule has 5 nitrogen and oxygen atoms in total. The van der Waals surface area contributed by atoms with Gasteiger partial charge >= 0.3 is 5.97 Å². The van der Waals surface area contributed by atoms with Crippen LogP contribution in [0.1, 0.15) is 27.6 Å². The summed E-state index contributed by atoms with van der Waals surface area (Å²) in [6.07, 6.45) is 0. The van der Waals surface area contributed by atoms with E-state index in [0.717, 1.165) is 5.70 Å². The lowest BCUT2D eigenvalue weighted by Crippen LogP contribution is -2.31. The van der Waals surface area contributed by atoms with E-state index < -0.39 is 11.8 Å². The summed E-state index contributed by atoms with van der Waals surface area (Å²) in [5.74, 6) is -1.75. The van der Waals surface area contributed by atoms with Gasteiger partial charge in [-0.15, -0.1) is 0 Å². The van der Waals surface area contributed by atoms with Crippen molar-refractivity contribution in [3.05, 3.63) is 63.8 Å². The SMILES string of the molecule is CC(=O)OC1=C(C2=C=C(CBr)N2)C(=O)c2ccccc2C1=O. The number of halogens is 1. The summed E-state index contributed by atoms with van der Waals surface area (Å²) in [6.45, 7) is 1.19. The quantitative estimate of drug-likeness (QED) is 0.509. The molecular weight excluding hydrogens is 350 g/mol. The van der Waals surface area contributed by atoms with Crippen LogP contribution in [0.3, 0.4) is 0 Å². The molecule has 0 aromatic heterocycles. The van der Waals surface area contributed by atoms with Crippen LogP contribution < -0.4 is 5.32 Å². The van der Waals surface area contributed by atoms with Gasteiger partial charge in [-0.3, -0.25) is 14.4 Å². The van der Waals surface area contributed by atoms with E-state index in [9.17, 15) is 14.4 Å². The summed E-state index contributed by atoms with van der Waals surface area (Å²) in [4.78, 5) is 36.5. The van der Waals surface area contributed by atoms with Crippen LogP contribution in [0, 0.1) is 0 Å². The monoisotopic (exact) mass is 359 g/mol. The number of hydrogen-bond donors (Lipinski definition) is 1. The van der Waals surface area contributed by atoms with Crippen LogP contribution >= 0.6 is 15.9 Å². The number of carbonyl (C=O) groups is 3. The lowest BCUT2D eigenvalue weighted by Gasteiger charge is -2.24. The highest BCUT2D eigenvalue weighted by molar-refractivity contribution is 9.09. The Morgan fingerprint density at radius 3 is 2.36 bits per heavy atom. The topological polar surface area (TPSA) is 72.5 Å². The lowest BCUT2D eigenvalue weighted by atomic mass is 9.86. The molecule has 0 bridgehead atoms. The maximum absolute atomic E-state index is 12.7. The van der Waals surface area contributed by atoms with E-state index in [1.54, 1.807) is 18.2 Å². The summed E-state index contributed by atoms with van der Waals surface area (Å²) in [6, 6.07) is 6.46. The van der Waals surface area contributed by atoms with Gasteiger partial charge < -0.3 is 10.1 Å². The van der Waals surface area contributed by atoms with Gasteiger partial charge in [0.15, 0.2) is 11.5 Å². The third-order valence-electron chi connectivity index (χ3n) is 3.26. The fraction of sp³-hybridized carbons (Fsp3) is 0.125. The van der Waals surface area contributed by atoms with Crippen molar-refractivity contribution in [2.24, 2.45) is 0 Å². The number of benzene rings is 1. The molecule has 22 heavy (non-hydrogen) atoms. The molecule has 0 atom stereocenters. The molecule has 1 heterocycles. The maximum Gasteiger partial charge on any atom is 0.308 e. The average molecular weight is 360 g/mol. The maximum atomic E-state index is 12.7. The zero-order valence-corrected chi connectivity index (χ0v) is 13.1. The molecule has 110 valence electrons. The summed E-state index contributed by atoms with van der Waals surface area (Å²) in [5, 5.41) is 3.48. The van der Waals surface area contributed by atoms with Crippen LogP contribution in [0.2, 0.25) is 0 Å². The molecule has 0 saturated carbocycles. The summed E-state index contributed by atoms with van der Waals surface area (Å²) in [7, 11) is 0. The number of hydrogen-bond acceptors (Lipinski definition) is 5. The smallest absolute Gasteiger partial charge is 0.308 e. The largest absolute Gasteiger partial charge is 0.422 e. The molecule has 1 aromatic carbocycles. The van der Waals surface area contributed by atoms with Crippen molar-refractivity contribution in [2.75, 3.05) is 5.33 Å². The highest BCUT2D eigenvalue weighted by Crippen LogP contribution is 2.32. The molecule has 2 aliphatic rings. The van der Waals surface area contributed by atoms with Gasteiger partial charge in [-0.05, 0) is 0 Å². The molecule has 0 radical (unpaired) electrons. The number of fused-ring (bicyclic) bond motifs is 1. The van der Waals surface area contributed by atoms with E-state index in [2.05, 4.69) is 27.0 Å². The van der Waals surface area contributed by atoms with Gasteiger partial charge in [-0.1, -0.05) is 45.9 Å². The number of nitrogens with one attached hydrogen (secondary N) is 1. The fourth-order valence-electron chi connectivity index (χ4n) is 2.31. The van der Waals surface area contributed by atoms with Crippen molar-refractivity contribution >= 4 is 33.5 Å². The van der Waals surface area contributed by atoms with Gasteiger partial charge in [-0.2, -0.15) is 0 Å². The number of ketones is 2. The van der Waals surface area contributed by atoms with E-state index in [1.807, 2.05) is 0 Å². The predicted molar refractivity (Wildman–Crippen MR) is 81.4 cm³/mol. The lowest BCUT2D eigenvalue weighted by molar-refractivity contribution is -0.136. The number of carbonyl (C=O) groups excluding carboxylic acids is 3. The van der Waals surface area contributed by atoms with Crippen molar-refractivity contribution < 1.29 is 19.1 Å². The molecule has 0 amide bonds. The molecule has 1 aromatic rings. The van der Waals surface area contributed by atoms with Crippen LogP contribution in [-0.4, -0.2) is 22.9 Å². The number of allylic oxidation sites excluding steroid dienone is 2. The molecule has 0 saturated heterocycles. The Labute approximate surface area is 134 Å². The van der Waals surface area contributed by atoms with Crippen molar-refractivity contribution in [3.63, 3.8) is 0 Å². The Hall–Kier alpha value is -2.43. The minimum atomic E-state index is -0.655. The van der Waals surface area contributed by atoms with Crippen LogP contribution in [-0.2, 0) is 9.53 Å². The van der Waals surface area contributed by atoms with E-state index >= 15 is 0 Å². The van der Waals surface area contributed by atoms with Crippen LogP contribution in [0.15, 0.2) is 52.7 Å². The van der Waals surface area contributed by atoms with Gasteiger partial charge in [0.2, 0.25) is 5.78 Å². The van der Waals surface area contributed by atoms with Gasteiger partial charge in [0.1, 0.15) is 5.57 Å². The molecule has 0 spiro atoms. The first kappa shape index (κ1) is 14.5. The highest BCUT2D eigenvalue weighted by Gasteiger charge is 2.37. The van der Waals surface area contributed by atoms with Crippen LogP contribution in [0.25, 0.3) is 0 Å². The number of alkyl halides is 1. The first-order chi connectivity index (χ1) is 10.5. The second kappa shape index (κ2) is 5.40. The summed E-state index contributed by atoms with van der Waals surface area (Å²) >= 11 is 3.26. The minimum Gasteiger partial charge on any atom is -0.422 e. The average Bonchev–Trinajstić information content (AvgIpc) is 2.46. The van der Waals surface area contributed by atoms with E-state index in [-0.39, 0.29) is 22.7 Å². The Bertz CT molecular complexity index is 828. The minimum absolute atomic E-state index is 0.0450. The highest BCUT2D eigenvalue weighted by atomic mass is 79.9. The van der Waals surface area contributed by atoms with Gasteiger partial charge in [0, 0.05) is 18.1 Å². The number of esters is 1. The van der Waals surface area contributed by atoms with Crippen molar-refractivity contribution in [2.45, 2.75) is 6.92 Å². The summed E-state index contributed by atoms with van der Waals surface area (Å²) in [5.41, 5.74) is 4.62. The van der Waals surface area contributed by atoms with Crippen LogP contribution in [0.4, 0.5) is 0 Å². The van der Waals surface area contributed by atoms with Gasteiger partial charge in [-0.25, -0.2) is 0 Å². The number of rotatable bonds is 3. The van der Waals surface area contributed by atoms with Crippen molar-refractivity contribution in [1.29, 1.82) is 0 Å². The zero-order valence-electron chi connectivity index (χ0n) is 11.5. The Morgan fingerprint density at radius 1 is 1.23 bits per heavy atom. The number of ether oxygens (including phenoxy) is 1. The Morgan fingerprint density at radius 2 is 1.82 bits per heavy atom. The van der Waals surface area contributed by atoms with Crippen molar-refractivity contribution in [1.82, 2.24) is 5.32 Å². The zero-order chi connectivity index (χ0) is 15.9. The van der Waals surface area contributed by atoms with Gasteiger partial charge in [0.25, 0.3) is 0 Å². The fourth-order valence-corrected chi connectivity index (χ4v) is 2.59. The third-order valence-corrected chi connectivity index (χ3v) is 3.82. The van der Waals surface area contributed by atoms with E-state index in [1.165, 1.54) is 13.0 Å². The summed E-state index contributed by atoms with van der Waals surface area (Å²) < 4.78 is 5.02. The van der Waals surface area contributed by atoms with E-state index in [4.69, 9.17) is 4.74 Å². The first-order valence-electron chi connectivity index (χ1n) is 6.47. The second-order valence-electron chi connectivity index (χ2n) is 4.74. The number of Topliss-reactive ketones (excluding diaryl/α,β-unsaturated/α-hetero) is 2. The standard InChI is InChI=1S/C16H10BrNO4/c1-8(19)22-16-13(12-6-9(7-17)18-12)14(20)10-4-2-3-5-11(10)15(16)21/h2-5,18H,7H2,1H3. The second-order valence-corrected chi connectivity index (χ2v) is 5.30. The normalized spacial score (nSPS) is 16.3. The van der Waals surface area contributed by atoms with Crippen LogP contribution in [0.5, 0.6) is 0 Å².